The number of anilines is 1. The van der Waals surface area contributed by atoms with Crippen molar-refractivity contribution in [3.63, 3.8) is 0 Å². The van der Waals surface area contributed by atoms with Crippen LogP contribution in [-0.2, 0) is 16.4 Å². The fraction of sp³-hybridized carbons (Fsp3) is 0.250. The van der Waals surface area contributed by atoms with Gasteiger partial charge in [-0.25, -0.2) is 13.4 Å². The minimum Gasteiger partial charge on any atom is -0.366 e. The van der Waals surface area contributed by atoms with Gasteiger partial charge in [-0.15, -0.1) is 0 Å². The number of carbonyl (C=O) groups excluding carboxylic acids is 1. The van der Waals surface area contributed by atoms with Gasteiger partial charge in [-0.3, -0.25) is 4.79 Å². The largest absolute Gasteiger partial charge is 0.366 e. The first-order valence-electron chi connectivity index (χ1n) is 10.3. The fourth-order valence-electron chi connectivity index (χ4n) is 3.60. The molecule has 2 heterocycles. The number of amides is 1. The third kappa shape index (κ3) is 5.30. The van der Waals surface area contributed by atoms with Crippen molar-refractivity contribution in [3.05, 3.63) is 83.6 Å². The number of carbonyl (C=O) groups is 1. The smallest absolute Gasteiger partial charge is 0.255 e. The maximum Gasteiger partial charge on any atom is 0.255 e. The van der Waals surface area contributed by atoms with Crippen LogP contribution in [0.2, 0.25) is 0 Å². The summed E-state index contributed by atoms with van der Waals surface area (Å²) in [6.45, 7) is 3.17. The van der Waals surface area contributed by atoms with E-state index in [1.165, 1.54) is 22.9 Å². The lowest BCUT2D eigenvalue weighted by Crippen LogP contribution is -2.43. The Labute approximate surface area is 182 Å². The van der Waals surface area contributed by atoms with Crippen molar-refractivity contribution in [1.82, 2.24) is 9.88 Å². The molecule has 160 valence electrons. The van der Waals surface area contributed by atoms with Gasteiger partial charge in [-0.05, 0) is 41.8 Å². The Hall–Kier alpha value is -3.19. The van der Waals surface area contributed by atoms with Gasteiger partial charge in [-0.1, -0.05) is 48.0 Å². The van der Waals surface area contributed by atoms with Gasteiger partial charge in [0, 0.05) is 25.8 Å². The quantitative estimate of drug-likeness (QED) is 0.663. The van der Waals surface area contributed by atoms with Crippen LogP contribution >= 0.6 is 0 Å². The molecule has 0 bridgehead atoms. The molecular weight excluding hydrogens is 410 g/mol. The molecule has 0 unspecified atom stereocenters. The van der Waals surface area contributed by atoms with Crippen LogP contribution in [-0.4, -0.2) is 48.8 Å². The van der Waals surface area contributed by atoms with E-state index in [4.69, 9.17) is 0 Å². The van der Waals surface area contributed by atoms with Crippen molar-refractivity contribution in [2.24, 2.45) is 0 Å². The number of hydrogen-bond donors (Lipinski definition) is 1. The minimum atomic E-state index is -3.01. The Kier molecular flexibility index (Phi) is 6.04. The van der Waals surface area contributed by atoms with Crippen LogP contribution < -0.4 is 5.32 Å². The highest BCUT2D eigenvalue weighted by Gasteiger charge is 2.25. The van der Waals surface area contributed by atoms with E-state index < -0.39 is 9.84 Å². The Morgan fingerprint density at radius 2 is 1.71 bits per heavy atom. The molecule has 3 aromatic rings. The second kappa shape index (κ2) is 8.89. The standard InChI is InChI=1S/C24H25N3O3S/c1-18-4-2-6-20(14-18)21-7-3-5-19(15-21)16-25-23-9-8-22(17-26-23)24(28)27-10-12-31(29,30)13-11-27/h2-9,14-15,17H,10-13,16H2,1H3,(H,25,26). The van der Waals surface area contributed by atoms with Crippen molar-refractivity contribution in [3.8, 4) is 11.1 Å². The number of rotatable bonds is 5. The average Bonchev–Trinajstić information content (AvgIpc) is 2.78. The van der Waals surface area contributed by atoms with Crippen molar-refractivity contribution < 1.29 is 13.2 Å². The number of sulfone groups is 1. The summed E-state index contributed by atoms with van der Waals surface area (Å²) >= 11 is 0. The topological polar surface area (TPSA) is 79.4 Å². The number of nitrogens with zero attached hydrogens (tertiary/aromatic N) is 2. The van der Waals surface area contributed by atoms with Crippen LogP contribution in [0.1, 0.15) is 21.5 Å². The summed E-state index contributed by atoms with van der Waals surface area (Å²) in [5.74, 6) is 0.541. The van der Waals surface area contributed by atoms with E-state index in [9.17, 15) is 13.2 Å². The van der Waals surface area contributed by atoms with Crippen LogP contribution in [0.4, 0.5) is 5.82 Å². The van der Waals surface area contributed by atoms with Crippen molar-refractivity contribution >= 4 is 21.6 Å². The summed E-state index contributed by atoms with van der Waals surface area (Å²) in [7, 11) is -3.01. The average molecular weight is 436 g/mol. The van der Waals surface area contributed by atoms with Gasteiger partial charge in [0.15, 0.2) is 9.84 Å². The van der Waals surface area contributed by atoms with Crippen LogP contribution in [0.3, 0.4) is 0 Å². The molecule has 1 aliphatic heterocycles. The predicted molar refractivity (Wildman–Crippen MR) is 123 cm³/mol. The number of hydrogen-bond acceptors (Lipinski definition) is 5. The van der Waals surface area contributed by atoms with Gasteiger partial charge >= 0.3 is 0 Å². The van der Waals surface area contributed by atoms with E-state index in [-0.39, 0.29) is 30.5 Å². The van der Waals surface area contributed by atoms with Crippen molar-refractivity contribution in [2.75, 3.05) is 29.9 Å². The summed E-state index contributed by atoms with van der Waals surface area (Å²) in [5, 5.41) is 3.29. The van der Waals surface area contributed by atoms with E-state index >= 15 is 0 Å². The Balaban J connectivity index is 1.38. The molecule has 0 aliphatic carbocycles. The first kappa shape index (κ1) is 21.1. The molecule has 1 aromatic heterocycles. The highest BCUT2D eigenvalue weighted by atomic mass is 32.2. The Morgan fingerprint density at radius 3 is 2.39 bits per heavy atom. The lowest BCUT2D eigenvalue weighted by Gasteiger charge is -2.26. The normalized spacial score (nSPS) is 15.5. The molecule has 4 rings (SSSR count). The van der Waals surface area contributed by atoms with Crippen LogP contribution in [0.5, 0.6) is 0 Å². The van der Waals surface area contributed by atoms with Crippen molar-refractivity contribution in [2.45, 2.75) is 13.5 Å². The van der Waals surface area contributed by atoms with Crippen LogP contribution in [0, 0.1) is 6.92 Å². The predicted octanol–water partition coefficient (Wildman–Crippen LogP) is 3.54. The molecule has 1 aliphatic rings. The molecule has 7 heteroatoms. The van der Waals surface area contributed by atoms with E-state index in [1.54, 1.807) is 17.0 Å². The van der Waals surface area contributed by atoms with Gasteiger partial charge in [-0.2, -0.15) is 0 Å². The Morgan fingerprint density at radius 1 is 1.00 bits per heavy atom. The first-order valence-corrected chi connectivity index (χ1v) is 12.1. The molecule has 0 saturated carbocycles. The highest BCUT2D eigenvalue weighted by Crippen LogP contribution is 2.22. The van der Waals surface area contributed by atoms with Gasteiger partial charge in [0.1, 0.15) is 5.82 Å². The summed E-state index contributed by atoms with van der Waals surface area (Å²) in [5.41, 5.74) is 5.18. The van der Waals surface area contributed by atoms with E-state index in [0.29, 0.717) is 17.9 Å². The third-order valence-corrected chi connectivity index (χ3v) is 7.00. The van der Waals surface area contributed by atoms with Gasteiger partial charge < -0.3 is 10.2 Å². The summed E-state index contributed by atoms with van der Waals surface area (Å²) < 4.78 is 23.1. The molecule has 1 N–H and O–H groups in total. The van der Waals surface area contributed by atoms with Gasteiger partial charge in [0.25, 0.3) is 5.91 Å². The molecule has 1 fully saturated rings. The second-order valence-electron chi connectivity index (χ2n) is 7.80. The lowest BCUT2D eigenvalue weighted by atomic mass is 10.0. The van der Waals surface area contributed by atoms with Crippen LogP contribution in [0.25, 0.3) is 11.1 Å². The summed E-state index contributed by atoms with van der Waals surface area (Å²) in [6.07, 6.45) is 1.54. The number of benzene rings is 2. The Bertz CT molecular complexity index is 1180. The molecule has 0 radical (unpaired) electrons. The number of aromatic nitrogens is 1. The van der Waals surface area contributed by atoms with E-state index in [2.05, 4.69) is 59.7 Å². The molecule has 0 atom stereocenters. The highest BCUT2D eigenvalue weighted by molar-refractivity contribution is 7.91. The molecule has 0 spiro atoms. The number of aryl methyl sites for hydroxylation is 1. The minimum absolute atomic E-state index is 0.0213. The number of nitrogens with one attached hydrogen (secondary N) is 1. The van der Waals surface area contributed by atoms with E-state index in [1.807, 2.05) is 6.07 Å². The summed E-state index contributed by atoms with van der Waals surface area (Å²) in [6, 6.07) is 20.3. The molecule has 1 saturated heterocycles. The van der Waals surface area contributed by atoms with Gasteiger partial charge in [0.2, 0.25) is 0 Å². The van der Waals surface area contributed by atoms with Crippen molar-refractivity contribution in [1.29, 1.82) is 0 Å². The first-order chi connectivity index (χ1) is 14.9. The maximum absolute atomic E-state index is 12.6. The summed E-state index contributed by atoms with van der Waals surface area (Å²) in [4.78, 5) is 18.5. The molecular formula is C24H25N3O3S. The lowest BCUT2D eigenvalue weighted by molar-refractivity contribution is 0.0770. The zero-order valence-electron chi connectivity index (χ0n) is 17.4. The molecule has 1 amide bonds. The number of pyridine rings is 1. The molecule has 31 heavy (non-hydrogen) atoms. The second-order valence-corrected chi connectivity index (χ2v) is 10.1. The molecule has 2 aromatic carbocycles. The third-order valence-electron chi connectivity index (χ3n) is 5.39. The molecule has 6 nitrogen and oxygen atoms in total. The maximum atomic E-state index is 12.6. The zero-order valence-corrected chi connectivity index (χ0v) is 18.2. The van der Waals surface area contributed by atoms with Crippen LogP contribution in [0.15, 0.2) is 66.9 Å². The fourth-order valence-corrected chi connectivity index (χ4v) is 4.80. The van der Waals surface area contributed by atoms with Gasteiger partial charge in [0.05, 0.1) is 17.1 Å². The van der Waals surface area contributed by atoms with E-state index in [0.717, 1.165) is 5.56 Å². The zero-order chi connectivity index (χ0) is 21.8. The monoisotopic (exact) mass is 435 g/mol. The SMILES string of the molecule is Cc1cccc(-c2cccc(CNc3ccc(C(=O)N4CCS(=O)(=O)CC4)cn3)c2)c1.